The molecule has 1 aliphatic rings. The molecule has 0 aliphatic heterocycles. The van der Waals surface area contributed by atoms with Crippen LogP contribution in [0.5, 0.6) is 5.75 Å². The molecule has 1 saturated carbocycles. The van der Waals surface area contributed by atoms with Crippen LogP contribution in [0.15, 0.2) is 24.3 Å². The maximum absolute atomic E-state index is 11.9. The van der Waals surface area contributed by atoms with Gasteiger partial charge < -0.3 is 15.0 Å². The molecule has 1 aliphatic carbocycles. The highest BCUT2D eigenvalue weighted by Gasteiger charge is 2.16. The lowest BCUT2D eigenvalue weighted by atomic mass is 10.2. The van der Waals surface area contributed by atoms with E-state index in [1.54, 1.807) is 4.90 Å². The fourth-order valence-electron chi connectivity index (χ4n) is 2.53. The number of amides is 2. The molecular weight excluding hydrogens is 252 g/mol. The maximum atomic E-state index is 11.9. The van der Waals surface area contributed by atoms with Crippen LogP contribution in [0.4, 0.5) is 10.5 Å². The Bertz CT molecular complexity index is 421. The number of urea groups is 1. The van der Waals surface area contributed by atoms with E-state index in [-0.39, 0.29) is 6.03 Å². The zero-order valence-corrected chi connectivity index (χ0v) is 12.4. The van der Waals surface area contributed by atoms with Gasteiger partial charge in [0.25, 0.3) is 0 Å². The highest BCUT2D eigenvalue weighted by Crippen LogP contribution is 2.25. The molecule has 4 nitrogen and oxygen atoms in total. The molecule has 1 N–H and O–H groups in total. The second kappa shape index (κ2) is 7.17. The number of carbonyl (C=O) groups excluding carboxylic acids is 1. The average Bonchev–Trinajstić information content (AvgIpc) is 2.95. The van der Waals surface area contributed by atoms with Crippen molar-refractivity contribution in [2.24, 2.45) is 0 Å². The van der Waals surface area contributed by atoms with Gasteiger partial charge in [-0.25, -0.2) is 4.79 Å². The SMILES string of the molecule is CCN(CC)C(=O)Nc1ccc(OC2CCCC2)cc1. The fourth-order valence-corrected chi connectivity index (χ4v) is 2.53. The summed E-state index contributed by atoms with van der Waals surface area (Å²) < 4.78 is 5.90. The Morgan fingerprint density at radius 3 is 2.35 bits per heavy atom. The van der Waals surface area contributed by atoms with E-state index in [1.165, 1.54) is 12.8 Å². The topological polar surface area (TPSA) is 41.6 Å². The highest BCUT2D eigenvalue weighted by atomic mass is 16.5. The van der Waals surface area contributed by atoms with E-state index in [4.69, 9.17) is 4.74 Å². The monoisotopic (exact) mass is 276 g/mol. The Hall–Kier alpha value is -1.71. The molecule has 1 fully saturated rings. The third kappa shape index (κ3) is 3.89. The Morgan fingerprint density at radius 2 is 1.80 bits per heavy atom. The van der Waals surface area contributed by atoms with E-state index >= 15 is 0 Å². The maximum Gasteiger partial charge on any atom is 0.321 e. The Morgan fingerprint density at radius 1 is 1.20 bits per heavy atom. The quantitative estimate of drug-likeness (QED) is 0.886. The van der Waals surface area contributed by atoms with Crippen LogP contribution in [0.1, 0.15) is 39.5 Å². The van der Waals surface area contributed by atoms with Crippen molar-refractivity contribution in [3.8, 4) is 5.75 Å². The molecule has 4 heteroatoms. The number of carbonyl (C=O) groups is 1. The van der Waals surface area contributed by atoms with Crippen molar-refractivity contribution in [1.82, 2.24) is 4.90 Å². The van der Waals surface area contributed by atoms with E-state index in [0.717, 1.165) is 24.3 Å². The van der Waals surface area contributed by atoms with Crippen molar-refractivity contribution in [3.05, 3.63) is 24.3 Å². The summed E-state index contributed by atoms with van der Waals surface area (Å²) in [6.07, 6.45) is 5.21. The molecule has 2 amide bonds. The number of anilines is 1. The van der Waals surface area contributed by atoms with E-state index in [1.807, 2.05) is 38.1 Å². The third-order valence-corrected chi connectivity index (χ3v) is 3.76. The van der Waals surface area contributed by atoms with E-state index < -0.39 is 0 Å². The molecule has 0 bridgehead atoms. The van der Waals surface area contributed by atoms with Gasteiger partial charge in [-0.05, 0) is 63.8 Å². The molecule has 20 heavy (non-hydrogen) atoms. The molecule has 0 spiro atoms. The summed E-state index contributed by atoms with van der Waals surface area (Å²) in [7, 11) is 0. The van der Waals surface area contributed by atoms with Crippen molar-refractivity contribution in [1.29, 1.82) is 0 Å². The standard InChI is InChI=1S/C16H24N2O2/c1-3-18(4-2)16(19)17-13-9-11-15(12-10-13)20-14-7-5-6-8-14/h9-12,14H,3-8H2,1-2H3,(H,17,19). The molecule has 0 saturated heterocycles. The summed E-state index contributed by atoms with van der Waals surface area (Å²) in [4.78, 5) is 13.7. The number of rotatable bonds is 5. The lowest BCUT2D eigenvalue weighted by molar-refractivity contribution is 0.210. The summed E-state index contributed by atoms with van der Waals surface area (Å²) in [5, 5.41) is 2.90. The van der Waals surface area contributed by atoms with Gasteiger partial charge in [0.15, 0.2) is 0 Å². The van der Waals surface area contributed by atoms with Crippen LogP contribution in [-0.4, -0.2) is 30.1 Å². The summed E-state index contributed by atoms with van der Waals surface area (Å²) in [5.41, 5.74) is 0.806. The Balaban J connectivity index is 1.89. The van der Waals surface area contributed by atoms with E-state index in [0.29, 0.717) is 19.2 Å². The first-order valence-electron chi connectivity index (χ1n) is 7.55. The van der Waals surface area contributed by atoms with Gasteiger partial charge in [0.1, 0.15) is 5.75 Å². The predicted octanol–water partition coefficient (Wildman–Crippen LogP) is 3.88. The predicted molar refractivity (Wildman–Crippen MR) is 81.3 cm³/mol. The zero-order valence-electron chi connectivity index (χ0n) is 12.4. The van der Waals surface area contributed by atoms with Gasteiger partial charge in [0.05, 0.1) is 6.10 Å². The highest BCUT2D eigenvalue weighted by molar-refractivity contribution is 5.89. The molecule has 0 heterocycles. The second-order valence-electron chi connectivity index (χ2n) is 5.15. The first-order valence-corrected chi connectivity index (χ1v) is 7.55. The molecule has 1 aromatic carbocycles. The van der Waals surface area contributed by atoms with Crippen LogP contribution in [-0.2, 0) is 0 Å². The lowest BCUT2D eigenvalue weighted by Gasteiger charge is -2.19. The van der Waals surface area contributed by atoms with Gasteiger partial charge in [-0.1, -0.05) is 0 Å². The van der Waals surface area contributed by atoms with Crippen LogP contribution in [0, 0.1) is 0 Å². The number of hydrogen-bond donors (Lipinski definition) is 1. The van der Waals surface area contributed by atoms with Gasteiger partial charge in [-0.2, -0.15) is 0 Å². The van der Waals surface area contributed by atoms with Crippen molar-refractivity contribution in [2.75, 3.05) is 18.4 Å². The van der Waals surface area contributed by atoms with Gasteiger partial charge in [0.2, 0.25) is 0 Å². The lowest BCUT2D eigenvalue weighted by Crippen LogP contribution is -2.34. The Kier molecular flexibility index (Phi) is 5.27. The van der Waals surface area contributed by atoms with Crippen LogP contribution in [0.25, 0.3) is 0 Å². The van der Waals surface area contributed by atoms with Gasteiger partial charge in [0, 0.05) is 18.8 Å². The first-order chi connectivity index (χ1) is 9.72. The number of hydrogen-bond acceptors (Lipinski definition) is 2. The van der Waals surface area contributed by atoms with Crippen LogP contribution in [0.2, 0.25) is 0 Å². The molecule has 0 aromatic heterocycles. The van der Waals surface area contributed by atoms with E-state index in [2.05, 4.69) is 5.32 Å². The summed E-state index contributed by atoms with van der Waals surface area (Å²) >= 11 is 0. The zero-order chi connectivity index (χ0) is 14.4. The largest absolute Gasteiger partial charge is 0.490 e. The number of nitrogens with one attached hydrogen (secondary N) is 1. The van der Waals surface area contributed by atoms with Crippen molar-refractivity contribution >= 4 is 11.7 Å². The van der Waals surface area contributed by atoms with Gasteiger partial charge >= 0.3 is 6.03 Å². The molecule has 110 valence electrons. The summed E-state index contributed by atoms with van der Waals surface area (Å²) in [5.74, 6) is 0.887. The molecule has 1 aromatic rings. The van der Waals surface area contributed by atoms with Crippen LogP contribution >= 0.6 is 0 Å². The molecule has 0 unspecified atom stereocenters. The van der Waals surface area contributed by atoms with E-state index in [9.17, 15) is 4.79 Å². The molecule has 2 rings (SSSR count). The van der Waals surface area contributed by atoms with Crippen molar-refractivity contribution in [2.45, 2.75) is 45.6 Å². The van der Waals surface area contributed by atoms with Crippen LogP contribution in [0.3, 0.4) is 0 Å². The summed E-state index contributed by atoms with van der Waals surface area (Å²) in [6.45, 7) is 5.37. The van der Waals surface area contributed by atoms with Gasteiger partial charge in [-0.3, -0.25) is 0 Å². The molecular formula is C16H24N2O2. The normalized spacial score (nSPS) is 15.1. The summed E-state index contributed by atoms with van der Waals surface area (Å²) in [6, 6.07) is 7.59. The number of benzene rings is 1. The minimum Gasteiger partial charge on any atom is -0.490 e. The third-order valence-electron chi connectivity index (χ3n) is 3.76. The number of ether oxygens (including phenoxy) is 1. The fraction of sp³-hybridized carbons (Fsp3) is 0.562. The van der Waals surface area contributed by atoms with Crippen molar-refractivity contribution in [3.63, 3.8) is 0 Å². The van der Waals surface area contributed by atoms with Crippen LogP contribution < -0.4 is 10.1 Å². The average molecular weight is 276 g/mol. The second-order valence-corrected chi connectivity index (χ2v) is 5.15. The first kappa shape index (κ1) is 14.7. The van der Waals surface area contributed by atoms with Gasteiger partial charge in [-0.15, -0.1) is 0 Å². The molecule has 0 radical (unpaired) electrons. The number of nitrogens with zero attached hydrogens (tertiary/aromatic N) is 1. The van der Waals surface area contributed by atoms with Crippen molar-refractivity contribution < 1.29 is 9.53 Å². The minimum absolute atomic E-state index is 0.0561. The smallest absolute Gasteiger partial charge is 0.321 e. The minimum atomic E-state index is -0.0561. The Labute approximate surface area is 121 Å². The molecule has 0 atom stereocenters.